The zero-order chi connectivity index (χ0) is 9.97. The van der Waals surface area contributed by atoms with Gasteiger partial charge >= 0.3 is 0 Å². The van der Waals surface area contributed by atoms with E-state index < -0.39 is 0 Å². The third-order valence-electron chi connectivity index (χ3n) is 2.57. The van der Waals surface area contributed by atoms with E-state index in [2.05, 4.69) is 30.1 Å². The topological polar surface area (TPSA) is 29.4 Å². The Morgan fingerprint density at radius 2 is 2.29 bits per heavy atom. The van der Waals surface area contributed by atoms with Crippen molar-refractivity contribution in [3.05, 3.63) is 35.5 Å². The number of dihydropyridines is 1. The van der Waals surface area contributed by atoms with Crippen molar-refractivity contribution in [3.8, 4) is 0 Å². The number of allylic oxidation sites excluding steroid dienone is 3. The quantitative estimate of drug-likeness (QED) is 0.608. The number of aliphatic imine (C=N–C) groups is 1. The molecular formula is C12H13NO. The van der Waals surface area contributed by atoms with Gasteiger partial charge in [-0.2, -0.15) is 0 Å². The normalized spacial score (nSPS) is 29.2. The van der Waals surface area contributed by atoms with Crippen molar-refractivity contribution in [2.75, 3.05) is 0 Å². The molecule has 2 atom stereocenters. The lowest BCUT2D eigenvalue weighted by Crippen LogP contribution is -2.17. The van der Waals surface area contributed by atoms with Gasteiger partial charge in [-0.25, -0.2) is 0 Å². The molecule has 0 radical (unpaired) electrons. The van der Waals surface area contributed by atoms with Gasteiger partial charge in [-0.15, -0.1) is 0 Å². The van der Waals surface area contributed by atoms with Crippen molar-refractivity contribution in [1.29, 1.82) is 0 Å². The average molecular weight is 187 g/mol. The van der Waals surface area contributed by atoms with E-state index in [0.717, 1.165) is 18.3 Å². The molecule has 1 aliphatic carbocycles. The largest absolute Gasteiger partial charge is 0.302 e. The molecule has 0 aromatic carbocycles. The van der Waals surface area contributed by atoms with Gasteiger partial charge in [0.25, 0.3) is 0 Å². The average Bonchev–Trinajstić information content (AvgIpc) is 2.27. The summed E-state index contributed by atoms with van der Waals surface area (Å²) in [5.41, 5.74) is 2.45. The molecule has 1 heterocycles. The second-order valence-corrected chi connectivity index (χ2v) is 3.55. The summed E-state index contributed by atoms with van der Waals surface area (Å²) in [6, 6.07) is 0.145. The summed E-state index contributed by atoms with van der Waals surface area (Å²) < 4.78 is 0. The monoisotopic (exact) mass is 187 g/mol. The number of hydrogen-bond donors (Lipinski definition) is 0. The predicted molar refractivity (Wildman–Crippen MR) is 57.4 cm³/mol. The van der Waals surface area contributed by atoms with E-state index in [1.54, 1.807) is 6.21 Å². The Morgan fingerprint density at radius 1 is 1.43 bits per heavy atom. The molecule has 2 rings (SSSR count). The molecule has 14 heavy (non-hydrogen) atoms. The zero-order valence-electron chi connectivity index (χ0n) is 8.18. The molecule has 1 aliphatic heterocycles. The van der Waals surface area contributed by atoms with Gasteiger partial charge < -0.3 is 4.79 Å². The molecule has 0 spiro atoms. The SMILES string of the molecule is CCC1=CC2N=CC(C=O)C=C2C=C1. The number of rotatable bonds is 2. The van der Waals surface area contributed by atoms with E-state index in [1.165, 1.54) is 5.57 Å². The molecule has 0 amide bonds. The van der Waals surface area contributed by atoms with Crippen LogP contribution in [0.3, 0.4) is 0 Å². The molecule has 0 saturated carbocycles. The standard InChI is InChI=1S/C12H13NO/c1-2-9-3-4-11-5-10(8-14)7-13-12(11)6-9/h3-8,10,12H,2H2,1H3. The van der Waals surface area contributed by atoms with Crippen LogP contribution in [0.2, 0.25) is 0 Å². The van der Waals surface area contributed by atoms with Crippen LogP contribution in [0.25, 0.3) is 0 Å². The van der Waals surface area contributed by atoms with Crippen LogP contribution in [0.1, 0.15) is 13.3 Å². The van der Waals surface area contributed by atoms with Crippen molar-refractivity contribution in [2.24, 2.45) is 10.9 Å². The van der Waals surface area contributed by atoms with E-state index >= 15 is 0 Å². The summed E-state index contributed by atoms with van der Waals surface area (Å²) in [7, 11) is 0. The summed E-state index contributed by atoms with van der Waals surface area (Å²) in [4.78, 5) is 14.9. The maximum absolute atomic E-state index is 10.6. The van der Waals surface area contributed by atoms with Gasteiger partial charge in [0, 0.05) is 6.21 Å². The fraction of sp³-hybridized carbons (Fsp3) is 0.333. The molecule has 2 aliphatic rings. The van der Waals surface area contributed by atoms with Crippen molar-refractivity contribution >= 4 is 12.5 Å². The summed E-state index contributed by atoms with van der Waals surface area (Å²) in [6.07, 6.45) is 12.0. The highest BCUT2D eigenvalue weighted by Gasteiger charge is 2.17. The summed E-state index contributed by atoms with van der Waals surface area (Å²) in [6.45, 7) is 2.13. The highest BCUT2D eigenvalue weighted by molar-refractivity contribution is 5.85. The van der Waals surface area contributed by atoms with Gasteiger partial charge in [0.05, 0.1) is 12.0 Å². The Kier molecular flexibility index (Phi) is 2.44. The lowest BCUT2D eigenvalue weighted by Gasteiger charge is -2.20. The highest BCUT2D eigenvalue weighted by Crippen LogP contribution is 2.24. The van der Waals surface area contributed by atoms with Crippen molar-refractivity contribution < 1.29 is 4.79 Å². The van der Waals surface area contributed by atoms with Gasteiger partial charge in [-0.05, 0) is 17.6 Å². The van der Waals surface area contributed by atoms with Crippen LogP contribution in [-0.2, 0) is 4.79 Å². The predicted octanol–water partition coefficient (Wildman–Crippen LogP) is 2.09. The molecule has 0 bridgehead atoms. The van der Waals surface area contributed by atoms with Crippen molar-refractivity contribution in [3.63, 3.8) is 0 Å². The van der Waals surface area contributed by atoms with Gasteiger partial charge in [-0.1, -0.05) is 31.2 Å². The Bertz CT molecular complexity index is 361. The van der Waals surface area contributed by atoms with Gasteiger partial charge in [0.15, 0.2) is 0 Å². The van der Waals surface area contributed by atoms with E-state index in [9.17, 15) is 4.79 Å². The van der Waals surface area contributed by atoms with Crippen LogP contribution in [0.5, 0.6) is 0 Å². The minimum absolute atomic E-state index is 0.137. The maximum Gasteiger partial charge on any atom is 0.132 e. The van der Waals surface area contributed by atoms with Crippen LogP contribution in [-0.4, -0.2) is 18.5 Å². The molecule has 0 N–H and O–H groups in total. The van der Waals surface area contributed by atoms with Crippen LogP contribution < -0.4 is 0 Å². The maximum atomic E-state index is 10.6. The van der Waals surface area contributed by atoms with Crippen LogP contribution >= 0.6 is 0 Å². The lowest BCUT2D eigenvalue weighted by atomic mass is 9.92. The second kappa shape index (κ2) is 3.74. The minimum Gasteiger partial charge on any atom is -0.302 e. The molecule has 0 saturated heterocycles. The molecule has 72 valence electrons. The van der Waals surface area contributed by atoms with Gasteiger partial charge in [0.1, 0.15) is 6.29 Å². The first-order valence-electron chi connectivity index (χ1n) is 4.92. The number of carbonyl (C=O) groups is 1. The highest BCUT2D eigenvalue weighted by atomic mass is 16.1. The van der Waals surface area contributed by atoms with Crippen LogP contribution in [0, 0.1) is 5.92 Å². The van der Waals surface area contributed by atoms with Gasteiger partial charge in [0.2, 0.25) is 0 Å². The van der Waals surface area contributed by atoms with Crippen LogP contribution in [0.15, 0.2) is 40.4 Å². The van der Waals surface area contributed by atoms with Crippen molar-refractivity contribution in [2.45, 2.75) is 19.4 Å². The Balaban J connectivity index is 2.25. The first kappa shape index (κ1) is 9.13. The lowest BCUT2D eigenvalue weighted by molar-refractivity contribution is -0.108. The molecule has 2 unspecified atom stereocenters. The molecule has 0 fully saturated rings. The van der Waals surface area contributed by atoms with E-state index in [-0.39, 0.29) is 12.0 Å². The third kappa shape index (κ3) is 1.60. The molecule has 0 aromatic rings. The van der Waals surface area contributed by atoms with E-state index in [4.69, 9.17) is 0 Å². The fourth-order valence-electron chi connectivity index (χ4n) is 1.71. The number of aldehydes is 1. The third-order valence-corrected chi connectivity index (χ3v) is 2.57. The van der Waals surface area contributed by atoms with E-state index in [0.29, 0.717) is 0 Å². The molecule has 2 heteroatoms. The number of carbonyl (C=O) groups excluding carboxylic acids is 1. The Labute approximate surface area is 83.7 Å². The fourth-order valence-corrected chi connectivity index (χ4v) is 1.71. The minimum atomic E-state index is -0.137. The van der Waals surface area contributed by atoms with Crippen LogP contribution in [0.4, 0.5) is 0 Å². The summed E-state index contributed by atoms with van der Waals surface area (Å²) >= 11 is 0. The van der Waals surface area contributed by atoms with Crippen molar-refractivity contribution in [1.82, 2.24) is 0 Å². The number of nitrogens with zero attached hydrogens (tertiary/aromatic N) is 1. The molecule has 2 nitrogen and oxygen atoms in total. The Hall–Kier alpha value is -1.44. The number of fused-ring (bicyclic) bond motifs is 1. The van der Waals surface area contributed by atoms with E-state index in [1.807, 2.05) is 6.08 Å². The Morgan fingerprint density at radius 3 is 3.00 bits per heavy atom. The summed E-state index contributed by atoms with van der Waals surface area (Å²) in [5, 5.41) is 0. The summed E-state index contributed by atoms with van der Waals surface area (Å²) in [5.74, 6) is -0.137. The molecule has 0 aromatic heterocycles. The second-order valence-electron chi connectivity index (χ2n) is 3.55. The number of hydrogen-bond acceptors (Lipinski definition) is 2. The smallest absolute Gasteiger partial charge is 0.132 e. The zero-order valence-corrected chi connectivity index (χ0v) is 8.18. The molecular weight excluding hydrogens is 174 g/mol. The first-order valence-corrected chi connectivity index (χ1v) is 4.92. The first-order chi connectivity index (χ1) is 6.83. The van der Waals surface area contributed by atoms with Gasteiger partial charge in [-0.3, -0.25) is 4.99 Å².